The van der Waals surface area contributed by atoms with Crippen molar-refractivity contribution in [1.29, 1.82) is 0 Å². The number of nitrogens with zero attached hydrogens (tertiary/aromatic N) is 2. The highest BCUT2D eigenvalue weighted by atomic mass is 16.5. The van der Waals surface area contributed by atoms with Gasteiger partial charge in [0.2, 0.25) is 5.89 Å². The van der Waals surface area contributed by atoms with Crippen LogP contribution in [0.4, 0.5) is 0 Å². The number of hydrogen-bond donors (Lipinski definition) is 2. The van der Waals surface area contributed by atoms with E-state index in [4.69, 9.17) is 5.11 Å². The minimum absolute atomic E-state index is 0.119. The quantitative estimate of drug-likeness (QED) is 0.537. The summed E-state index contributed by atoms with van der Waals surface area (Å²) in [5.41, 5.74) is 0. The first kappa shape index (κ1) is 7.17. The van der Waals surface area contributed by atoms with Gasteiger partial charge in [0.05, 0.1) is 13.2 Å². The van der Waals surface area contributed by atoms with Gasteiger partial charge < -0.3 is 14.9 Å². The molecule has 0 fully saturated rings. The number of aliphatic hydroxyl groups excluding tert-OH is 1. The van der Waals surface area contributed by atoms with E-state index in [2.05, 4.69) is 20.0 Å². The largest absolute Gasteiger partial charge is 0.395 e. The van der Waals surface area contributed by atoms with Crippen molar-refractivity contribution in [3.63, 3.8) is 0 Å². The zero-order valence-corrected chi connectivity index (χ0v) is 5.45. The van der Waals surface area contributed by atoms with Gasteiger partial charge in [0, 0.05) is 6.54 Å². The monoisotopic (exact) mass is 143 g/mol. The van der Waals surface area contributed by atoms with Gasteiger partial charge in [-0.25, -0.2) is 0 Å². The summed E-state index contributed by atoms with van der Waals surface area (Å²) < 4.78 is 4.67. The summed E-state index contributed by atoms with van der Waals surface area (Å²) in [6, 6.07) is 0. The topological polar surface area (TPSA) is 71.2 Å². The zero-order chi connectivity index (χ0) is 7.23. The second-order valence-electron chi connectivity index (χ2n) is 1.74. The molecule has 1 aromatic heterocycles. The number of rotatable bonds is 4. The fourth-order valence-corrected chi connectivity index (χ4v) is 0.548. The van der Waals surface area contributed by atoms with Gasteiger partial charge >= 0.3 is 0 Å². The van der Waals surface area contributed by atoms with Crippen molar-refractivity contribution >= 4 is 0 Å². The lowest BCUT2D eigenvalue weighted by Gasteiger charge is -1.94. The summed E-state index contributed by atoms with van der Waals surface area (Å²) in [7, 11) is 0. The van der Waals surface area contributed by atoms with Gasteiger partial charge in [-0.15, -0.1) is 0 Å². The van der Waals surface area contributed by atoms with E-state index in [-0.39, 0.29) is 6.61 Å². The third-order valence-corrected chi connectivity index (χ3v) is 0.972. The Balaban J connectivity index is 2.15. The second-order valence-corrected chi connectivity index (χ2v) is 1.74. The summed E-state index contributed by atoms with van der Waals surface area (Å²) in [4.78, 5) is 3.77. The van der Waals surface area contributed by atoms with Crippen LogP contribution in [0.25, 0.3) is 0 Å². The summed E-state index contributed by atoms with van der Waals surface area (Å²) in [5.74, 6) is 0.536. The Morgan fingerprint density at radius 2 is 2.60 bits per heavy atom. The molecular weight excluding hydrogens is 134 g/mol. The molecule has 0 aliphatic rings. The number of nitrogens with one attached hydrogen (secondary N) is 1. The van der Waals surface area contributed by atoms with Crippen LogP contribution in [0.5, 0.6) is 0 Å². The van der Waals surface area contributed by atoms with E-state index in [9.17, 15) is 0 Å². The SMILES string of the molecule is OCCNCc1ncno1. The Kier molecular flexibility index (Phi) is 2.85. The molecule has 5 nitrogen and oxygen atoms in total. The Labute approximate surface area is 58.1 Å². The maximum absolute atomic E-state index is 8.37. The van der Waals surface area contributed by atoms with Crippen molar-refractivity contribution in [2.45, 2.75) is 6.54 Å². The molecule has 0 bridgehead atoms. The van der Waals surface area contributed by atoms with E-state index < -0.39 is 0 Å². The molecule has 5 heteroatoms. The standard InChI is InChI=1S/C5H9N3O2/c9-2-1-6-3-5-7-4-8-10-5/h4,6,9H,1-3H2. The van der Waals surface area contributed by atoms with Gasteiger partial charge in [0.25, 0.3) is 0 Å². The molecule has 1 rings (SSSR count). The first-order valence-electron chi connectivity index (χ1n) is 3.00. The van der Waals surface area contributed by atoms with Gasteiger partial charge in [-0.1, -0.05) is 5.16 Å². The minimum atomic E-state index is 0.119. The van der Waals surface area contributed by atoms with E-state index in [1.54, 1.807) is 0 Å². The average molecular weight is 143 g/mol. The summed E-state index contributed by atoms with van der Waals surface area (Å²) in [5, 5.41) is 14.7. The first-order chi connectivity index (χ1) is 4.93. The zero-order valence-electron chi connectivity index (χ0n) is 5.45. The highest BCUT2D eigenvalue weighted by Gasteiger charge is 1.94. The van der Waals surface area contributed by atoms with Crippen LogP contribution in [0.1, 0.15) is 5.89 Å². The Bertz CT molecular complexity index is 163. The van der Waals surface area contributed by atoms with E-state index in [1.165, 1.54) is 6.33 Å². The fourth-order valence-electron chi connectivity index (χ4n) is 0.548. The smallest absolute Gasteiger partial charge is 0.240 e. The third-order valence-electron chi connectivity index (χ3n) is 0.972. The van der Waals surface area contributed by atoms with Gasteiger partial charge in [-0.2, -0.15) is 4.98 Å². The molecule has 2 N–H and O–H groups in total. The molecule has 0 aromatic carbocycles. The van der Waals surface area contributed by atoms with Crippen LogP contribution in [-0.4, -0.2) is 28.4 Å². The summed E-state index contributed by atoms with van der Waals surface area (Å²) >= 11 is 0. The Morgan fingerprint density at radius 3 is 3.20 bits per heavy atom. The molecule has 10 heavy (non-hydrogen) atoms. The third kappa shape index (κ3) is 2.12. The maximum Gasteiger partial charge on any atom is 0.240 e. The lowest BCUT2D eigenvalue weighted by atomic mass is 10.6. The molecule has 0 aliphatic heterocycles. The molecular formula is C5H9N3O2. The fraction of sp³-hybridized carbons (Fsp3) is 0.600. The normalized spacial score (nSPS) is 10.1. The van der Waals surface area contributed by atoms with Gasteiger partial charge in [0.15, 0.2) is 6.33 Å². The number of aromatic nitrogens is 2. The minimum Gasteiger partial charge on any atom is -0.395 e. The first-order valence-corrected chi connectivity index (χ1v) is 3.00. The van der Waals surface area contributed by atoms with E-state index in [0.29, 0.717) is 19.0 Å². The van der Waals surface area contributed by atoms with Crippen LogP contribution < -0.4 is 5.32 Å². The summed E-state index contributed by atoms with van der Waals surface area (Å²) in [6.07, 6.45) is 1.34. The molecule has 0 spiro atoms. The highest BCUT2D eigenvalue weighted by Crippen LogP contribution is 1.87. The van der Waals surface area contributed by atoms with Crippen LogP contribution in [0, 0.1) is 0 Å². The van der Waals surface area contributed by atoms with Crippen molar-refractivity contribution in [3.05, 3.63) is 12.2 Å². The van der Waals surface area contributed by atoms with Crippen molar-refractivity contribution < 1.29 is 9.63 Å². The molecule has 0 radical (unpaired) electrons. The average Bonchev–Trinajstić information content (AvgIpc) is 2.41. The van der Waals surface area contributed by atoms with Crippen molar-refractivity contribution in [3.8, 4) is 0 Å². The molecule has 0 atom stereocenters. The van der Waals surface area contributed by atoms with Crippen molar-refractivity contribution in [2.24, 2.45) is 0 Å². The van der Waals surface area contributed by atoms with E-state index in [1.807, 2.05) is 0 Å². The molecule has 1 heterocycles. The van der Waals surface area contributed by atoms with Crippen LogP contribution in [-0.2, 0) is 6.54 Å². The maximum atomic E-state index is 8.37. The highest BCUT2D eigenvalue weighted by molar-refractivity contribution is 4.71. The van der Waals surface area contributed by atoms with Gasteiger partial charge in [-0.3, -0.25) is 0 Å². The molecule has 0 unspecified atom stereocenters. The molecule has 0 aliphatic carbocycles. The predicted molar refractivity (Wildman–Crippen MR) is 33.1 cm³/mol. The van der Waals surface area contributed by atoms with Crippen LogP contribution in [0.2, 0.25) is 0 Å². The molecule has 0 saturated heterocycles. The summed E-state index contributed by atoms with van der Waals surface area (Å²) in [6.45, 7) is 1.18. The van der Waals surface area contributed by atoms with Crippen LogP contribution in [0.15, 0.2) is 10.9 Å². The predicted octanol–water partition coefficient (Wildman–Crippen LogP) is -0.849. The van der Waals surface area contributed by atoms with E-state index in [0.717, 1.165) is 0 Å². The van der Waals surface area contributed by atoms with Crippen molar-refractivity contribution in [2.75, 3.05) is 13.2 Å². The molecule has 0 amide bonds. The van der Waals surface area contributed by atoms with Crippen molar-refractivity contribution in [1.82, 2.24) is 15.5 Å². The number of hydrogen-bond acceptors (Lipinski definition) is 5. The molecule has 56 valence electrons. The van der Waals surface area contributed by atoms with E-state index >= 15 is 0 Å². The Morgan fingerprint density at radius 1 is 1.70 bits per heavy atom. The Hall–Kier alpha value is -0.940. The van der Waals surface area contributed by atoms with Gasteiger partial charge in [0.1, 0.15) is 0 Å². The van der Waals surface area contributed by atoms with Crippen LogP contribution >= 0.6 is 0 Å². The lowest BCUT2D eigenvalue weighted by molar-refractivity contribution is 0.286. The molecule has 1 aromatic rings. The number of aliphatic hydroxyl groups is 1. The lowest BCUT2D eigenvalue weighted by Crippen LogP contribution is -2.17. The van der Waals surface area contributed by atoms with Crippen LogP contribution in [0.3, 0.4) is 0 Å². The second kappa shape index (κ2) is 3.97. The molecule has 0 saturated carbocycles. The van der Waals surface area contributed by atoms with Gasteiger partial charge in [-0.05, 0) is 0 Å².